The van der Waals surface area contributed by atoms with Crippen LogP contribution in [-0.4, -0.2) is 16.6 Å². The van der Waals surface area contributed by atoms with E-state index in [1.165, 1.54) is 11.3 Å². The molecular formula is C14H15ClN2OS2. The van der Waals surface area contributed by atoms with Gasteiger partial charge in [0.1, 0.15) is 0 Å². The summed E-state index contributed by atoms with van der Waals surface area (Å²) in [4.78, 5) is 17.2. The zero-order valence-electron chi connectivity index (χ0n) is 11.3. The molecule has 2 aromatic rings. The van der Waals surface area contributed by atoms with E-state index >= 15 is 0 Å². The molecule has 0 unspecified atom stereocenters. The van der Waals surface area contributed by atoms with Crippen LogP contribution in [0.1, 0.15) is 16.1 Å². The van der Waals surface area contributed by atoms with Gasteiger partial charge in [0.05, 0.1) is 11.4 Å². The predicted octanol–water partition coefficient (Wildman–Crippen LogP) is 4.29. The van der Waals surface area contributed by atoms with Gasteiger partial charge < -0.3 is 5.32 Å². The van der Waals surface area contributed by atoms with Crippen molar-refractivity contribution < 1.29 is 4.79 Å². The zero-order chi connectivity index (χ0) is 14.5. The van der Waals surface area contributed by atoms with Crippen molar-refractivity contribution in [3.63, 3.8) is 0 Å². The molecule has 0 saturated heterocycles. The number of carbonyl (C=O) groups excluding carboxylic acids is 1. The molecule has 106 valence electrons. The van der Waals surface area contributed by atoms with Gasteiger partial charge in [0.25, 0.3) is 0 Å². The second-order valence-electron chi connectivity index (χ2n) is 4.33. The first-order valence-electron chi connectivity index (χ1n) is 6.10. The van der Waals surface area contributed by atoms with Gasteiger partial charge in [0.2, 0.25) is 5.91 Å². The third kappa shape index (κ3) is 4.51. The molecule has 0 spiro atoms. The molecule has 0 atom stereocenters. The van der Waals surface area contributed by atoms with Gasteiger partial charge in [-0.2, -0.15) is 0 Å². The molecule has 1 aromatic heterocycles. The summed E-state index contributed by atoms with van der Waals surface area (Å²) < 4.78 is 0. The summed E-state index contributed by atoms with van der Waals surface area (Å²) in [6.45, 7) is 3.94. The van der Waals surface area contributed by atoms with Crippen LogP contribution >= 0.6 is 34.7 Å². The number of carbonyl (C=O) groups is 1. The van der Waals surface area contributed by atoms with E-state index in [9.17, 15) is 4.79 Å². The van der Waals surface area contributed by atoms with Gasteiger partial charge in [0, 0.05) is 15.7 Å². The average molecular weight is 327 g/mol. The lowest BCUT2D eigenvalue weighted by molar-refractivity contribution is -0.113. The molecular weight excluding hydrogens is 312 g/mol. The molecule has 6 heteroatoms. The van der Waals surface area contributed by atoms with Crippen molar-refractivity contribution in [2.75, 3.05) is 11.1 Å². The second kappa shape index (κ2) is 7.11. The Morgan fingerprint density at radius 2 is 2.25 bits per heavy atom. The van der Waals surface area contributed by atoms with E-state index in [1.54, 1.807) is 11.8 Å². The van der Waals surface area contributed by atoms with Crippen LogP contribution in [-0.2, 0) is 10.5 Å². The number of thioether (sulfide) groups is 1. The fourth-order valence-electron chi connectivity index (χ4n) is 1.57. The van der Waals surface area contributed by atoms with E-state index in [2.05, 4.69) is 10.3 Å². The third-order valence-electron chi connectivity index (χ3n) is 2.67. The molecule has 0 radical (unpaired) electrons. The van der Waals surface area contributed by atoms with Gasteiger partial charge in [-0.1, -0.05) is 23.7 Å². The summed E-state index contributed by atoms with van der Waals surface area (Å²) >= 11 is 8.98. The van der Waals surface area contributed by atoms with E-state index in [-0.39, 0.29) is 5.91 Å². The molecule has 0 saturated carbocycles. The molecule has 1 heterocycles. The lowest BCUT2D eigenvalue weighted by Gasteiger charge is -2.03. The number of aromatic nitrogens is 1. The van der Waals surface area contributed by atoms with Crippen LogP contribution in [0.2, 0.25) is 5.02 Å². The van der Waals surface area contributed by atoms with E-state index < -0.39 is 0 Å². The number of nitrogens with one attached hydrogen (secondary N) is 1. The molecule has 0 fully saturated rings. The molecule has 0 bridgehead atoms. The van der Waals surface area contributed by atoms with Crippen LogP contribution in [0.15, 0.2) is 24.3 Å². The first-order chi connectivity index (χ1) is 9.54. The minimum absolute atomic E-state index is 0.0224. The first kappa shape index (κ1) is 15.4. The number of halogens is 1. The van der Waals surface area contributed by atoms with Gasteiger partial charge in [-0.15, -0.1) is 23.1 Å². The fraction of sp³-hybridized carbons (Fsp3) is 0.286. The predicted molar refractivity (Wildman–Crippen MR) is 87.8 cm³/mol. The van der Waals surface area contributed by atoms with Crippen LogP contribution in [0, 0.1) is 13.8 Å². The molecule has 0 aliphatic heterocycles. The summed E-state index contributed by atoms with van der Waals surface area (Å²) in [5, 5.41) is 4.22. The number of hydrogen-bond donors (Lipinski definition) is 1. The quantitative estimate of drug-likeness (QED) is 0.891. The third-order valence-corrected chi connectivity index (χ3v) is 4.89. The van der Waals surface area contributed by atoms with Gasteiger partial charge >= 0.3 is 0 Å². The summed E-state index contributed by atoms with van der Waals surface area (Å²) in [6, 6.07) is 7.68. The number of thiazole rings is 1. The zero-order valence-corrected chi connectivity index (χ0v) is 13.7. The Labute approximate surface area is 131 Å². The highest BCUT2D eigenvalue weighted by molar-refractivity contribution is 7.99. The summed E-state index contributed by atoms with van der Waals surface area (Å²) in [6.07, 6.45) is 0. The Bertz CT molecular complexity index is 593. The van der Waals surface area contributed by atoms with Crippen molar-refractivity contribution in [2.24, 2.45) is 0 Å². The average Bonchev–Trinajstić information content (AvgIpc) is 2.68. The summed E-state index contributed by atoms with van der Waals surface area (Å²) in [5.41, 5.74) is 2.09. The van der Waals surface area contributed by atoms with Crippen LogP contribution in [0.25, 0.3) is 0 Å². The van der Waals surface area contributed by atoms with Gasteiger partial charge in [-0.05, 0) is 31.5 Å². The largest absolute Gasteiger partial charge is 0.301 e. The smallest absolute Gasteiger partial charge is 0.236 e. The normalized spacial score (nSPS) is 10.6. The maximum atomic E-state index is 11.8. The Balaban J connectivity index is 1.78. The maximum Gasteiger partial charge on any atom is 0.236 e. The number of benzene rings is 1. The monoisotopic (exact) mass is 326 g/mol. The Morgan fingerprint density at radius 3 is 2.90 bits per heavy atom. The number of anilines is 1. The molecule has 2 rings (SSSR count). The van der Waals surface area contributed by atoms with Crippen LogP contribution < -0.4 is 5.32 Å². The van der Waals surface area contributed by atoms with E-state index in [0.717, 1.165) is 26.9 Å². The van der Waals surface area contributed by atoms with Crippen LogP contribution in [0.3, 0.4) is 0 Å². The number of rotatable bonds is 5. The number of aryl methyl sites for hydroxylation is 2. The first-order valence-corrected chi connectivity index (χ1v) is 8.45. The lowest BCUT2D eigenvalue weighted by Crippen LogP contribution is -2.13. The van der Waals surface area contributed by atoms with Gasteiger partial charge in [0.15, 0.2) is 5.13 Å². The minimum atomic E-state index is -0.0224. The van der Waals surface area contributed by atoms with Crippen molar-refractivity contribution in [3.8, 4) is 0 Å². The van der Waals surface area contributed by atoms with E-state index in [4.69, 9.17) is 11.6 Å². The van der Waals surface area contributed by atoms with Crippen LogP contribution in [0.4, 0.5) is 5.13 Å². The Hall–Kier alpha value is -1.04. The highest BCUT2D eigenvalue weighted by Gasteiger charge is 2.08. The van der Waals surface area contributed by atoms with E-state index in [1.807, 2.05) is 38.1 Å². The van der Waals surface area contributed by atoms with Gasteiger partial charge in [-0.25, -0.2) is 4.98 Å². The van der Waals surface area contributed by atoms with Crippen molar-refractivity contribution in [1.29, 1.82) is 0 Å². The molecule has 20 heavy (non-hydrogen) atoms. The number of nitrogens with zero attached hydrogens (tertiary/aromatic N) is 1. The fourth-order valence-corrected chi connectivity index (χ4v) is 3.39. The molecule has 0 aliphatic carbocycles. The molecule has 1 N–H and O–H groups in total. The number of amides is 1. The summed E-state index contributed by atoms with van der Waals surface area (Å²) in [7, 11) is 0. The Kier molecular flexibility index (Phi) is 5.46. The topological polar surface area (TPSA) is 42.0 Å². The Morgan fingerprint density at radius 1 is 1.45 bits per heavy atom. The number of hydrogen-bond acceptors (Lipinski definition) is 4. The van der Waals surface area contributed by atoms with Crippen molar-refractivity contribution in [2.45, 2.75) is 19.6 Å². The maximum absolute atomic E-state index is 11.8. The summed E-state index contributed by atoms with van der Waals surface area (Å²) in [5.74, 6) is 1.15. The van der Waals surface area contributed by atoms with Crippen LogP contribution in [0.5, 0.6) is 0 Å². The van der Waals surface area contributed by atoms with Crippen molar-refractivity contribution in [1.82, 2.24) is 4.98 Å². The van der Waals surface area contributed by atoms with Crippen molar-refractivity contribution >= 4 is 45.7 Å². The molecule has 1 aromatic carbocycles. The van der Waals surface area contributed by atoms with Gasteiger partial charge in [-0.3, -0.25) is 4.79 Å². The SMILES string of the molecule is Cc1nc(NC(=O)CSCc2cccc(Cl)c2)sc1C. The lowest BCUT2D eigenvalue weighted by atomic mass is 10.2. The highest BCUT2D eigenvalue weighted by atomic mass is 35.5. The molecule has 1 amide bonds. The van der Waals surface area contributed by atoms with Crippen molar-refractivity contribution in [3.05, 3.63) is 45.4 Å². The highest BCUT2D eigenvalue weighted by Crippen LogP contribution is 2.21. The standard InChI is InChI=1S/C14H15ClN2OS2/c1-9-10(2)20-14(16-9)17-13(18)8-19-7-11-4-3-5-12(15)6-11/h3-6H,7-8H2,1-2H3,(H,16,17,18). The molecule has 3 nitrogen and oxygen atoms in total. The minimum Gasteiger partial charge on any atom is -0.301 e. The molecule has 0 aliphatic rings. The second-order valence-corrected chi connectivity index (χ2v) is 6.96. The van der Waals surface area contributed by atoms with E-state index in [0.29, 0.717) is 10.9 Å².